The summed E-state index contributed by atoms with van der Waals surface area (Å²) in [6.45, 7) is 0. The van der Waals surface area contributed by atoms with Gasteiger partial charge in [-0.3, -0.25) is 4.79 Å². The molecule has 0 radical (unpaired) electrons. The van der Waals surface area contributed by atoms with E-state index in [9.17, 15) is 33.0 Å². The molecule has 0 aliphatic heterocycles. The summed E-state index contributed by atoms with van der Waals surface area (Å²) in [6.07, 6.45) is -0.295. The Morgan fingerprint density at radius 1 is 1.21 bits per heavy atom. The summed E-state index contributed by atoms with van der Waals surface area (Å²) in [5.74, 6) is -5.04. The second-order valence-electron chi connectivity index (χ2n) is 6.30. The topological polar surface area (TPSA) is 84.7 Å². The van der Waals surface area contributed by atoms with Crippen LogP contribution in [0.25, 0.3) is 5.69 Å². The van der Waals surface area contributed by atoms with Crippen molar-refractivity contribution in [2.45, 2.75) is 22.7 Å². The van der Waals surface area contributed by atoms with E-state index in [0.717, 1.165) is 6.20 Å². The lowest BCUT2D eigenvalue weighted by Crippen LogP contribution is -2.34. The third kappa shape index (κ3) is 3.28. The number of benzene rings is 1. The van der Waals surface area contributed by atoms with E-state index in [2.05, 4.69) is 5.10 Å². The summed E-state index contributed by atoms with van der Waals surface area (Å²) >= 11 is 11.3. The number of aromatic nitrogens is 2. The van der Waals surface area contributed by atoms with Crippen molar-refractivity contribution in [3.8, 4) is 11.8 Å². The lowest BCUT2D eigenvalue weighted by atomic mass is 9.95. The van der Waals surface area contributed by atoms with Gasteiger partial charge in [0.2, 0.25) is 5.91 Å². The van der Waals surface area contributed by atoms with Crippen LogP contribution in [0.1, 0.15) is 17.7 Å². The Labute approximate surface area is 167 Å². The number of primary amides is 1. The lowest BCUT2D eigenvalue weighted by molar-refractivity contribution is -0.123. The van der Waals surface area contributed by atoms with E-state index in [0.29, 0.717) is 4.68 Å². The van der Waals surface area contributed by atoms with Gasteiger partial charge < -0.3 is 5.73 Å². The van der Waals surface area contributed by atoms with Gasteiger partial charge in [0.15, 0.2) is 5.69 Å². The van der Waals surface area contributed by atoms with Gasteiger partial charge >= 0.3 is 10.2 Å². The van der Waals surface area contributed by atoms with Gasteiger partial charge in [0.1, 0.15) is 22.1 Å². The van der Waals surface area contributed by atoms with Crippen LogP contribution in [0, 0.1) is 11.3 Å². The van der Waals surface area contributed by atoms with Gasteiger partial charge in [-0.05, 0) is 12.1 Å². The van der Waals surface area contributed by atoms with Crippen molar-refractivity contribution in [2.24, 2.45) is 5.73 Å². The van der Waals surface area contributed by atoms with Crippen LogP contribution in [-0.2, 0) is 10.2 Å². The maximum atomic E-state index is 13.8. The van der Waals surface area contributed by atoms with Crippen molar-refractivity contribution in [1.82, 2.24) is 9.78 Å². The second-order valence-corrected chi connectivity index (χ2v) is 9.53. The van der Waals surface area contributed by atoms with Crippen molar-refractivity contribution in [1.29, 1.82) is 5.26 Å². The zero-order valence-corrected chi connectivity index (χ0v) is 15.9. The number of amides is 1. The highest BCUT2D eigenvalue weighted by Crippen LogP contribution is 3.02. The van der Waals surface area contributed by atoms with Crippen LogP contribution in [0.4, 0.5) is 28.2 Å². The van der Waals surface area contributed by atoms with Crippen LogP contribution in [-0.4, -0.2) is 21.6 Å². The first-order valence-corrected chi connectivity index (χ1v) is 9.96. The average Bonchev–Trinajstić information content (AvgIpc) is 2.90. The highest BCUT2D eigenvalue weighted by molar-refractivity contribution is 8.45. The van der Waals surface area contributed by atoms with E-state index in [1.54, 1.807) is 0 Å². The van der Waals surface area contributed by atoms with Crippen LogP contribution in [0.15, 0.2) is 23.2 Å². The quantitative estimate of drug-likeness (QED) is 0.586. The molecule has 1 aliphatic carbocycles. The van der Waals surface area contributed by atoms with Gasteiger partial charge in [-0.2, -0.15) is 10.4 Å². The van der Waals surface area contributed by atoms with Gasteiger partial charge in [-0.15, -0.1) is 0 Å². The molecular weight excluding hydrogens is 476 g/mol. The van der Waals surface area contributed by atoms with Crippen LogP contribution in [0.5, 0.6) is 0 Å². The normalized spacial score (nSPS) is 23.0. The summed E-state index contributed by atoms with van der Waals surface area (Å²) in [5, 5.41) is 10.8. The number of nitriles is 1. The van der Waals surface area contributed by atoms with Gasteiger partial charge in [0, 0.05) is 18.2 Å². The van der Waals surface area contributed by atoms with Crippen molar-refractivity contribution >= 4 is 39.3 Å². The van der Waals surface area contributed by atoms with Gasteiger partial charge in [-0.25, -0.2) is 13.5 Å². The minimum absolute atomic E-state index is 0.104. The molecule has 1 unspecified atom stereocenters. The van der Waals surface area contributed by atoms with Crippen molar-refractivity contribution in [3.05, 3.63) is 39.6 Å². The number of halogens is 9. The molecule has 1 aliphatic rings. The summed E-state index contributed by atoms with van der Waals surface area (Å²) in [7, 11) is -10.1. The molecule has 2 aromatic rings. The first-order valence-electron chi connectivity index (χ1n) is 7.25. The van der Waals surface area contributed by atoms with Crippen molar-refractivity contribution < 1.29 is 33.0 Å². The molecule has 2 N–H and O–H groups in total. The molecule has 5 nitrogen and oxygen atoms in total. The molecule has 0 saturated heterocycles. The Morgan fingerprint density at radius 2 is 1.69 bits per heavy atom. The predicted octanol–water partition coefficient (Wildman–Crippen LogP) is 5.47. The third-order valence-corrected chi connectivity index (χ3v) is 6.05. The Morgan fingerprint density at radius 3 is 2.03 bits per heavy atom. The second kappa shape index (κ2) is 5.30. The molecule has 0 spiro atoms. The molecule has 3 rings (SSSR count). The summed E-state index contributed by atoms with van der Waals surface area (Å²) < 4.78 is 93.2. The monoisotopic (exact) mass is 482 g/mol. The number of rotatable bonds is 4. The summed E-state index contributed by atoms with van der Waals surface area (Å²) in [6, 6.07) is 1.25. The fraction of sp³-hybridized carbons (Fsp3) is 0.214. The largest absolute Gasteiger partial charge is 0.369 e. The number of alkyl halides is 2. The Hall–Kier alpha value is -2.17. The number of hydrogen-bond acceptors (Lipinski definition) is 3. The Bertz CT molecular complexity index is 1100. The molecular formula is C14H7Cl2F7N4OS. The van der Waals surface area contributed by atoms with Gasteiger partial charge in [-0.1, -0.05) is 42.6 Å². The number of carbonyl (C=O) groups excluding carboxylic acids is 1. The van der Waals surface area contributed by atoms with E-state index in [1.165, 1.54) is 6.07 Å². The highest BCUT2D eigenvalue weighted by Gasteiger charge is 2.77. The summed E-state index contributed by atoms with van der Waals surface area (Å²) in [4.78, 5) is 9.24. The highest BCUT2D eigenvalue weighted by atomic mass is 35.5. The molecule has 1 atom stereocenters. The first-order chi connectivity index (χ1) is 12.8. The SMILES string of the molecule is N#Cc1nn(-c2c(Cl)cc(S(F)(F)(F)(F)F)cc2Cl)cc1C1(C(N)=O)CC1(F)F. The molecule has 1 fully saturated rings. The third-order valence-electron chi connectivity index (χ3n) is 4.35. The average molecular weight is 483 g/mol. The van der Waals surface area contributed by atoms with Crippen LogP contribution >= 0.6 is 33.4 Å². The molecule has 1 amide bonds. The van der Waals surface area contributed by atoms with E-state index in [1.807, 2.05) is 0 Å². The molecule has 1 heterocycles. The van der Waals surface area contributed by atoms with Crippen LogP contribution in [0.2, 0.25) is 10.0 Å². The standard InChI is InChI=1S/C14H7Cl2F7N4OS/c15-8-1-6(29(19,20,21,22)23)2-9(16)11(8)27-4-7(10(3-24)26-27)13(12(25)28)5-14(13,17)18/h1-2,4H,5H2,(H2,25,28). The van der Waals surface area contributed by atoms with Gasteiger partial charge in [0.25, 0.3) is 5.92 Å². The first kappa shape index (κ1) is 21.5. The number of nitrogens with zero attached hydrogens (tertiary/aromatic N) is 3. The fourth-order valence-electron chi connectivity index (χ4n) is 2.85. The molecule has 158 valence electrons. The molecule has 0 bridgehead atoms. The van der Waals surface area contributed by atoms with Crippen molar-refractivity contribution in [3.63, 3.8) is 0 Å². The lowest BCUT2D eigenvalue weighted by Gasteiger charge is -2.40. The van der Waals surface area contributed by atoms with E-state index in [4.69, 9.17) is 34.2 Å². The van der Waals surface area contributed by atoms with Crippen LogP contribution < -0.4 is 5.73 Å². The minimum Gasteiger partial charge on any atom is -0.369 e. The molecule has 15 heteroatoms. The molecule has 1 aromatic carbocycles. The number of nitrogens with two attached hydrogens (primary N) is 1. The minimum atomic E-state index is -10.1. The smallest absolute Gasteiger partial charge is 0.310 e. The molecule has 1 aromatic heterocycles. The Kier molecular flexibility index (Phi) is 3.93. The van der Waals surface area contributed by atoms with E-state index >= 15 is 0 Å². The number of hydrogen-bond donors (Lipinski definition) is 1. The predicted molar refractivity (Wildman–Crippen MR) is 90.1 cm³/mol. The van der Waals surface area contributed by atoms with Gasteiger partial charge in [0.05, 0.1) is 10.0 Å². The number of carbonyl (C=O) groups is 1. The van der Waals surface area contributed by atoms with Crippen LogP contribution in [0.3, 0.4) is 0 Å². The Balaban J connectivity index is 2.22. The molecule has 29 heavy (non-hydrogen) atoms. The maximum Gasteiger partial charge on any atom is 0.310 e. The maximum absolute atomic E-state index is 13.8. The molecule has 1 saturated carbocycles. The van der Waals surface area contributed by atoms with E-state index in [-0.39, 0.29) is 12.1 Å². The zero-order chi connectivity index (χ0) is 22.3. The van der Waals surface area contributed by atoms with E-state index < -0.39 is 65.8 Å². The summed E-state index contributed by atoms with van der Waals surface area (Å²) in [5.41, 5.74) is 0.626. The zero-order valence-electron chi connectivity index (χ0n) is 13.6. The fourth-order valence-corrected chi connectivity index (χ4v) is 4.32. The van der Waals surface area contributed by atoms with Crippen molar-refractivity contribution in [2.75, 3.05) is 0 Å².